The Labute approximate surface area is 116 Å². The summed E-state index contributed by atoms with van der Waals surface area (Å²) in [5, 5.41) is 12.2. The van der Waals surface area contributed by atoms with Gasteiger partial charge in [0.1, 0.15) is 5.75 Å². The van der Waals surface area contributed by atoms with Crippen LogP contribution in [0.25, 0.3) is 0 Å². The van der Waals surface area contributed by atoms with Crippen LogP contribution in [0.3, 0.4) is 0 Å². The molecule has 1 aromatic carbocycles. The molecule has 0 saturated heterocycles. The lowest BCUT2D eigenvalue weighted by molar-refractivity contribution is 0.0953. The first-order valence-electron chi connectivity index (χ1n) is 5.79. The van der Waals surface area contributed by atoms with Crippen molar-refractivity contribution < 1.29 is 9.90 Å². The minimum Gasteiger partial charge on any atom is -0.508 e. The van der Waals surface area contributed by atoms with Gasteiger partial charge in [0.25, 0.3) is 5.91 Å². The molecule has 0 aromatic heterocycles. The molecule has 17 heavy (non-hydrogen) atoms. The number of hydrogen-bond donors (Lipinski definition) is 2. The summed E-state index contributed by atoms with van der Waals surface area (Å²) in [4.78, 5) is 11.7. The number of unbranched alkanes of at least 4 members (excludes halogenated alkanes) is 2. The Bertz CT molecular complexity index is 380. The summed E-state index contributed by atoms with van der Waals surface area (Å²) >= 11 is 2.36. The molecule has 0 radical (unpaired) electrons. The number of phenolic OH excluding ortho intramolecular Hbond substituents is 1. The summed E-state index contributed by atoms with van der Waals surface area (Å²) in [5.41, 5.74) is 1.33. The normalized spacial score (nSPS) is 10.2. The monoisotopic (exact) mass is 347 g/mol. The van der Waals surface area contributed by atoms with Crippen LogP contribution in [0.1, 0.15) is 35.2 Å². The Kier molecular flexibility index (Phi) is 6.32. The minimum absolute atomic E-state index is 0.0671. The number of benzene rings is 1. The molecule has 0 spiro atoms. The van der Waals surface area contributed by atoms with Gasteiger partial charge in [-0.3, -0.25) is 4.79 Å². The molecular formula is C13H18INO2. The van der Waals surface area contributed by atoms with Gasteiger partial charge in [-0.05, 0) is 48.0 Å². The SMILES string of the molecule is Cc1cc(C(=O)NCCCCCI)ccc1O. The van der Waals surface area contributed by atoms with E-state index in [0.29, 0.717) is 5.56 Å². The fourth-order valence-corrected chi connectivity index (χ4v) is 2.04. The van der Waals surface area contributed by atoms with E-state index in [1.165, 1.54) is 10.8 Å². The Balaban J connectivity index is 2.39. The number of alkyl halides is 1. The fraction of sp³-hybridized carbons (Fsp3) is 0.462. The second kappa shape index (κ2) is 7.53. The van der Waals surface area contributed by atoms with Crippen LogP contribution in [0.15, 0.2) is 18.2 Å². The third-order valence-corrected chi connectivity index (χ3v) is 3.32. The smallest absolute Gasteiger partial charge is 0.251 e. The average Bonchev–Trinajstić information content (AvgIpc) is 2.32. The van der Waals surface area contributed by atoms with Crippen LogP contribution in [0.2, 0.25) is 0 Å². The Hall–Kier alpha value is -0.780. The van der Waals surface area contributed by atoms with Gasteiger partial charge in [-0.25, -0.2) is 0 Å². The molecule has 1 aromatic rings. The number of carbonyl (C=O) groups is 1. The molecule has 0 fully saturated rings. The maximum Gasteiger partial charge on any atom is 0.251 e. The number of phenols is 1. The number of hydrogen-bond acceptors (Lipinski definition) is 2. The maximum absolute atomic E-state index is 11.7. The Morgan fingerprint density at radius 1 is 1.35 bits per heavy atom. The van der Waals surface area contributed by atoms with Gasteiger partial charge in [0.05, 0.1) is 0 Å². The van der Waals surface area contributed by atoms with Crippen molar-refractivity contribution in [3.63, 3.8) is 0 Å². The molecule has 0 unspecified atom stereocenters. The van der Waals surface area contributed by atoms with Gasteiger partial charge in [0, 0.05) is 12.1 Å². The zero-order chi connectivity index (χ0) is 12.7. The number of halogens is 1. The second-order valence-corrected chi connectivity index (χ2v) is 5.09. The molecule has 0 aliphatic heterocycles. The number of amides is 1. The van der Waals surface area contributed by atoms with Crippen molar-refractivity contribution in [1.29, 1.82) is 0 Å². The van der Waals surface area contributed by atoms with Crippen molar-refractivity contribution in [2.24, 2.45) is 0 Å². The number of carbonyl (C=O) groups excluding carboxylic acids is 1. The first-order chi connectivity index (χ1) is 8.15. The lowest BCUT2D eigenvalue weighted by atomic mass is 10.1. The van der Waals surface area contributed by atoms with E-state index < -0.39 is 0 Å². The van der Waals surface area contributed by atoms with E-state index in [9.17, 15) is 9.90 Å². The van der Waals surface area contributed by atoms with Crippen molar-refractivity contribution in [2.45, 2.75) is 26.2 Å². The fourth-order valence-electron chi connectivity index (χ4n) is 1.50. The zero-order valence-corrected chi connectivity index (χ0v) is 12.2. The quantitative estimate of drug-likeness (QED) is 0.472. The van der Waals surface area contributed by atoms with Gasteiger partial charge in [-0.15, -0.1) is 0 Å². The molecule has 0 bridgehead atoms. The molecule has 0 saturated carbocycles. The van der Waals surface area contributed by atoms with E-state index >= 15 is 0 Å². The summed E-state index contributed by atoms with van der Waals surface area (Å²) in [6.45, 7) is 2.50. The Morgan fingerprint density at radius 3 is 2.76 bits per heavy atom. The topological polar surface area (TPSA) is 49.3 Å². The van der Waals surface area contributed by atoms with Crippen molar-refractivity contribution in [1.82, 2.24) is 5.32 Å². The minimum atomic E-state index is -0.0671. The van der Waals surface area contributed by atoms with Gasteiger partial charge in [0.2, 0.25) is 0 Å². The van der Waals surface area contributed by atoms with Crippen LogP contribution in [0, 0.1) is 6.92 Å². The molecule has 0 aliphatic carbocycles. The summed E-state index contributed by atoms with van der Waals surface area (Å²) in [5.74, 6) is 0.158. The summed E-state index contributed by atoms with van der Waals surface area (Å²) in [7, 11) is 0. The van der Waals surface area contributed by atoms with Crippen LogP contribution in [0.5, 0.6) is 5.75 Å². The standard InChI is InChI=1S/C13H18INO2/c1-10-9-11(5-6-12(10)16)13(17)15-8-4-2-3-7-14/h5-6,9,16H,2-4,7-8H2,1H3,(H,15,17). The van der Waals surface area contributed by atoms with E-state index in [4.69, 9.17) is 0 Å². The number of aryl methyl sites for hydroxylation is 1. The van der Waals surface area contributed by atoms with Crippen LogP contribution in [-0.2, 0) is 0 Å². The van der Waals surface area contributed by atoms with E-state index in [-0.39, 0.29) is 11.7 Å². The molecule has 1 amide bonds. The summed E-state index contributed by atoms with van der Waals surface area (Å²) in [6.07, 6.45) is 3.37. The summed E-state index contributed by atoms with van der Waals surface area (Å²) < 4.78 is 1.17. The highest BCUT2D eigenvalue weighted by Crippen LogP contribution is 2.16. The van der Waals surface area contributed by atoms with E-state index in [1.807, 2.05) is 0 Å². The highest BCUT2D eigenvalue weighted by molar-refractivity contribution is 14.1. The van der Waals surface area contributed by atoms with Crippen LogP contribution < -0.4 is 5.32 Å². The van der Waals surface area contributed by atoms with Crippen LogP contribution in [0.4, 0.5) is 0 Å². The lowest BCUT2D eigenvalue weighted by Gasteiger charge is -2.06. The van der Waals surface area contributed by atoms with Gasteiger partial charge in [-0.1, -0.05) is 29.0 Å². The van der Waals surface area contributed by atoms with Crippen LogP contribution in [-0.4, -0.2) is 22.0 Å². The first-order valence-corrected chi connectivity index (χ1v) is 7.31. The third-order valence-electron chi connectivity index (χ3n) is 2.55. The van der Waals surface area contributed by atoms with Gasteiger partial charge < -0.3 is 10.4 Å². The Morgan fingerprint density at radius 2 is 2.12 bits per heavy atom. The molecule has 4 heteroatoms. The predicted octanol–water partition coefficient (Wildman–Crippen LogP) is 3.04. The molecular weight excluding hydrogens is 329 g/mol. The van der Waals surface area contributed by atoms with E-state index in [2.05, 4.69) is 27.9 Å². The van der Waals surface area contributed by atoms with Crippen molar-refractivity contribution >= 4 is 28.5 Å². The van der Waals surface area contributed by atoms with Crippen molar-refractivity contribution in [3.8, 4) is 5.75 Å². The van der Waals surface area contributed by atoms with Crippen molar-refractivity contribution in [3.05, 3.63) is 29.3 Å². The molecule has 0 aliphatic rings. The van der Waals surface area contributed by atoms with Gasteiger partial charge in [0.15, 0.2) is 0 Å². The molecule has 0 heterocycles. The molecule has 0 atom stereocenters. The predicted molar refractivity (Wildman–Crippen MR) is 77.9 cm³/mol. The van der Waals surface area contributed by atoms with E-state index in [0.717, 1.165) is 24.9 Å². The molecule has 3 nitrogen and oxygen atoms in total. The maximum atomic E-state index is 11.7. The van der Waals surface area contributed by atoms with Crippen molar-refractivity contribution in [2.75, 3.05) is 11.0 Å². The second-order valence-electron chi connectivity index (χ2n) is 4.01. The molecule has 2 N–H and O–H groups in total. The average molecular weight is 347 g/mol. The molecule has 94 valence electrons. The van der Waals surface area contributed by atoms with E-state index in [1.54, 1.807) is 25.1 Å². The number of aromatic hydroxyl groups is 1. The first kappa shape index (κ1) is 14.3. The largest absolute Gasteiger partial charge is 0.508 e. The van der Waals surface area contributed by atoms with Gasteiger partial charge >= 0.3 is 0 Å². The number of rotatable bonds is 6. The number of nitrogens with one attached hydrogen (secondary N) is 1. The highest BCUT2D eigenvalue weighted by atomic mass is 127. The van der Waals surface area contributed by atoms with Crippen LogP contribution >= 0.6 is 22.6 Å². The zero-order valence-electron chi connectivity index (χ0n) is 10.0. The van der Waals surface area contributed by atoms with Gasteiger partial charge in [-0.2, -0.15) is 0 Å². The highest BCUT2D eigenvalue weighted by Gasteiger charge is 2.06. The molecule has 1 rings (SSSR count). The lowest BCUT2D eigenvalue weighted by Crippen LogP contribution is -2.24. The third kappa shape index (κ3) is 4.93. The summed E-state index contributed by atoms with van der Waals surface area (Å²) in [6, 6.07) is 4.90.